The highest BCUT2D eigenvalue weighted by Gasteiger charge is 2.24. The SMILES string of the molecule is BrCC(c1ccccc1)C1CCCC1. The normalized spacial score (nSPS) is 19.8. The van der Waals surface area contributed by atoms with Crippen molar-refractivity contribution >= 4 is 15.9 Å². The van der Waals surface area contributed by atoms with Crippen LogP contribution in [0.5, 0.6) is 0 Å². The molecule has 1 heteroatoms. The lowest BCUT2D eigenvalue weighted by molar-refractivity contribution is 0.468. The summed E-state index contributed by atoms with van der Waals surface area (Å²) < 4.78 is 0. The summed E-state index contributed by atoms with van der Waals surface area (Å²) in [5.41, 5.74) is 1.51. The van der Waals surface area contributed by atoms with Crippen LogP contribution in [0.1, 0.15) is 37.2 Å². The van der Waals surface area contributed by atoms with Crippen molar-refractivity contribution in [1.29, 1.82) is 0 Å². The van der Waals surface area contributed by atoms with Crippen molar-refractivity contribution in [2.24, 2.45) is 5.92 Å². The van der Waals surface area contributed by atoms with E-state index in [1.807, 2.05) is 0 Å². The average molecular weight is 253 g/mol. The van der Waals surface area contributed by atoms with E-state index in [0.717, 1.165) is 17.2 Å². The zero-order chi connectivity index (χ0) is 9.80. The minimum absolute atomic E-state index is 0.735. The molecule has 0 heterocycles. The highest BCUT2D eigenvalue weighted by Crippen LogP contribution is 2.38. The molecular weight excluding hydrogens is 236 g/mol. The van der Waals surface area contributed by atoms with Gasteiger partial charge in [0.25, 0.3) is 0 Å². The second-order valence-electron chi connectivity index (χ2n) is 4.22. The third kappa shape index (κ3) is 2.20. The summed E-state index contributed by atoms with van der Waals surface area (Å²) in [7, 11) is 0. The summed E-state index contributed by atoms with van der Waals surface area (Å²) in [6.07, 6.45) is 5.71. The molecule has 76 valence electrons. The Kier molecular flexibility index (Phi) is 3.63. The van der Waals surface area contributed by atoms with Gasteiger partial charge in [-0.1, -0.05) is 59.1 Å². The van der Waals surface area contributed by atoms with Crippen LogP contribution in [-0.2, 0) is 0 Å². The topological polar surface area (TPSA) is 0 Å². The Bertz CT molecular complexity index is 262. The highest BCUT2D eigenvalue weighted by atomic mass is 79.9. The number of benzene rings is 1. The molecule has 1 atom stereocenters. The first kappa shape index (κ1) is 10.2. The Balaban J connectivity index is 2.12. The van der Waals surface area contributed by atoms with E-state index in [-0.39, 0.29) is 0 Å². The molecule has 1 saturated carbocycles. The Labute approximate surface area is 94.8 Å². The number of hydrogen-bond acceptors (Lipinski definition) is 0. The van der Waals surface area contributed by atoms with Crippen LogP contribution in [0.25, 0.3) is 0 Å². The molecule has 14 heavy (non-hydrogen) atoms. The van der Waals surface area contributed by atoms with Gasteiger partial charge in [0.1, 0.15) is 0 Å². The molecule has 1 unspecified atom stereocenters. The van der Waals surface area contributed by atoms with Gasteiger partial charge in [0.2, 0.25) is 0 Å². The summed E-state index contributed by atoms with van der Waals surface area (Å²) in [6, 6.07) is 10.9. The van der Waals surface area contributed by atoms with Crippen LogP contribution in [0.3, 0.4) is 0 Å². The number of rotatable bonds is 3. The van der Waals surface area contributed by atoms with Crippen LogP contribution in [0.15, 0.2) is 30.3 Å². The maximum absolute atomic E-state index is 3.66. The molecule has 0 nitrogen and oxygen atoms in total. The number of alkyl halides is 1. The van der Waals surface area contributed by atoms with Crippen molar-refractivity contribution in [1.82, 2.24) is 0 Å². The Morgan fingerprint density at radius 2 is 1.79 bits per heavy atom. The van der Waals surface area contributed by atoms with Crippen molar-refractivity contribution in [3.05, 3.63) is 35.9 Å². The van der Waals surface area contributed by atoms with Crippen molar-refractivity contribution in [2.75, 3.05) is 5.33 Å². The van der Waals surface area contributed by atoms with Gasteiger partial charge in [-0.05, 0) is 30.2 Å². The summed E-state index contributed by atoms with van der Waals surface area (Å²) in [5.74, 6) is 1.65. The van der Waals surface area contributed by atoms with E-state index in [9.17, 15) is 0 Å². The van der Waals surface area contributed by atoms with E-state index < -0.39 is 0 Å². The van der Waals surface area contributed by atoms with E-state index in [1.165, 1.54) is 31.2 Å². The molecule has 0 N–H and O–H groups in total. The molecular formula is C13H17Br. The van der Waals surface area contributed by atoms with Gasteiger partial charge >= 0.3 is 0 Å². The van der Waals surface area contributed by atoms with Crippen LogP contribution >= 0.6 is 15.9 Å². The maximum Gasteiger partial charge on any atom is 0.0103 e. The smallest absolute Gasteiger partial charge is 0.0103 e. The third-order valence-corrected chi connectivity index (χ3v) is 4.06. The molecule has 0 bridgehead atoms. The van der Waals surface area contributed by atoms with Crippen molar-refractivity contribution in [2.45, 2.75) is 31.6 Å². The zero-order valence-electron chi connectivity index (χ0n) is 8.45. The Morgan fingerprint density at radius 3 is 2.36 bits per heavy atom. The minimum atomic E-state index is 0.735. The molecule has 0 spiro atoms. The van der Waals surface area contributed by atoms with Crippen molar-refractivity contribution < 1.29 is 0 Å². The van der Waals surface area contributed by atoms with Crippen molar-refractivity contribution in [3.8, 4) is 0 Å². The van der Waals surface area contributed by atoms with Gasteiger partial charge in [0.15, 0.2) is 0 Å². The summed E-state index contributed by atoms with van der Waals surface area (Å²) in [6.45, 7) is 0. The van der Waals surface area contributed by atoms with E-state index in [1.54, 1.807) is 0 Å². The first-order chi connectivity index (χ1) is 6.92. The molecule has 0 aromatic heterocycles. The largest absolute Gasteiger partial charge is 0.0921 e. The molecule has 1 aliphatic carbocycles. The van der Waals surface area contributed by atoms with Crippen LogP contribution < -0.4 is 0 Å². The maximum atomic E-state index is 3.66. The van der Waals surface area contributed by atoms with E-state index >= 15 is 0 Å². The Morgan fingerprint density at radius 1 is 1.14 bits per heavy atom. The van der Waals surface area contributed by atoms with E-state index in [0.29, 0.717) is 0 Å². The van der Waals surface area contributed by atoms with Gasteiger partial charge in [-0.2, -0.15) is 0 Å². The first-order valence-electron chi connectivity index (χ1n) is 5.52. The molecule has 0 radical (unpaired) electrons. The van der Waals surface area contributed by atoms with Gasteiger partial charge in [0, 0.05) is 5.33 Å². The quantitative estimate of drug-likeness (QED) is 0.702. The second kappa shape index (κ2) is 4.97. The molecule has 1 aromatic rings. The second-order valence-corrected chi connectivity index (χ2v) is 4.86. The predicted octanol–water partition coefficient (Wildman–Crippen LogP) is 4.36. The van der Waals surface area contributed by atoms with Crippen LogP contribution in [0, 0.1) is 5.92 Å². The predicted molar refractivity (Wildman–Crippen MR) is 64.9 cm³/mol. The summed E-state index contributed by atoms with van der Waals surface area (Å²) in [4.78, 5) is 0. The van der Waals surface area contributed by atoms with E-state index in [4.69, 9.17) is 0 Å². The van der Waals surface area contributed by atoms with Crippen LogP contribution in [0.2, 0.25) is 0 Å². The monoisotopic (exact) mass is 252 g/mol. The highest BCUT2D eigenvalue weighted by molar-refractivity contribution is 9.09. The minimum Gasteiger partial charge on any atom is -0.0921 e. The molecule has 2 rings (SSSR count). The van der Waals surface area contributed by atoms with Crippen LogP contribution in [0.4, 0.5) is 0 Å². The molecule has 0 aliphatic heterocycles. The zero-order valence-corrected chi connectivity index (χ0v) is 10.0. The van der Waals surface area contributed by atoms with Crippen LogP contribution in [-0.4, -0.2) is 5.33 Å². The lowest BCUT2D eigenvalue weighted by Crippen LogP contribution is -2.10. The lowest BCUT2D eigenvalue weighted by atomic mass is 9.86. The number of hydrogen-bond donors (Lipinski definition) is 0. The van der Waals surface area contributed by atoms with Gasteiger partial charge in [0.05, 0.1) is 0 Å². The van der Waals surface area contributed by atoms with Gasteiger partial charge in [-0.25, -0.2) is 0 Å². The number of halogens is 1. The molecule has 1 fully saturated rings. The molecule has 1 aromatic carbocycles. The third-order valence-electron chi connectivity index (χ3n) is 3.36. The standard InChI is InChI=1S/C13H17Br/c14-10-13(12-8-4-5-9-12)11-6-2-1-3-7-11/h1-3,6-7,12-13H,4-5,8-10H2. The summed E-state index contributed by atoms with van der Waals surface area (Å²) in [5, 5.41) is 1.11. The fourth-order valence-electron chi connectivity index (χ4n) is 2.55. The van der Waals surface area contributed by atoms with Crippen molar-refractivity contribution in [3.63, 3.8) is 0 Å². The van der Waals surface area contributed by atoms with Gasteiger partial charge < -0.3 is 0 Å². The Hall–Kier alpha value is -0.300. The molecule has 0 amide bonds. The fourth-order valence-corrected chi connectivity index (χ4v) is 3.45. The molecule has 1 aliphatic rings. The lowest BCUT2D eigenvalue weighted by Gasteiger charge is -2.21. The first-order valence-corrected chi connectivity index (χ1v) is 6.65. The van der Waals surface area contributed by atoms with E-state index in [2.05, 4.69) is 46.3 Å². The van der Waals surface area contributed by atoms with Gasteiger partial charge in [-0.15, -0.1) is 0 Å². The summed E-state index contributed by atoms with van der Waals surface area (Å²) >= 11 is 3.66. The molecule has 0 saturated heterocycles. The fraction of sp³-hybridized carbons (Fsp3) is 0.538. The van der Waals surface area contributed by atoms with Gasteiger partial charge in [-0.3, -0.25) is 0 Å². The average Bonchev–Trinajstić information content (AvgIpc) is 2.74.